The van der Waals surface area contributed by atoms with Gasteiger partial charge in [0.05, 0.1) is 22.1 Å². The molecule has 10 heteroatoms. The molecule has 0 aliphatic rings. The molecule has 0 atom stereocenters. The van der Waals surface area contributed by atoms with Crippen molar-refractivity contribution in [2.45, 2.75) is 6.92 Å². The number of thiophene rings is 1. The third kappa shape index (κ3) is 4.42. The first-order valence-corrected chi connectivity index (χ1v) is 10.2. The standard InChI is InChI=1S/C21H14ClF2N3O3S/c1-11-15-9-18(31-20(15)27(26-11)14-5-2-12(23)3-6-14)21(29)30-10-19(28)25-17-7-4-13(24)8-16(17)22/h2-9H,10H2,1H3,(H,25,28). The summed E-state index contributed by atoms with van der Waals surface area (Å²) < 4.78 is 33.0. The van der Waals surface area contributed by atoms with E-state index in [0.717, 1.165) is 28.9 Å². The summed E-state index contributed by atoms with van der Waals surface area (Å²) in [6, 6.07) is 11.0. The number of hydrogen-bond donors (Lipinski definition) is 1. The summed E-state index contributed by atoms with van der Waals surface area (Å²) in [6.45, 7) is 1.26. The minimum Gasteiger partial charge on any atom is -0.451 e. The van der Waals surface area contributed by atoms with Crippen LogP contribution >= 0.6 is 22.9 Å². The Labute approximate surface area is 184 Å². The largest absolute Gasteiger partial charge is 0.451 e. The van der Waals surface area contributed by atoms with E-state index in [4.69, 9.17) is 16.3 Å². The van der Waals surface area contributed by atoms with Gasteiger partial charge >= 0.3 is 5.97 Å². The molecule has 0 saturated carbocycles. The number of carbonyl (C=O) groups excluding carboxylic acids is 2. The quantitative estimate of drug-likeness (QED) is 0.418. The minimum absolute atomic E-state index is 0.0324. The van der Waals surface area contributed by atoms with Crippen LogP contribution in [0.2, 0.25) is 5.02 Å². The Bertz CT molecular complexity index is 1300. The number of ether oxygens (including phenoxy) is 1. The van der Waals surface area contributed by atoms with Crippen LogP contribution < -0.4 is 5.32 Å². The Hall–Kier alpha value is -3.30. The van der Waals surface area contributed by atoms with Crippen LogP contribution in [-0.4, -0.2) is 28.3 Å². The first-order chi connectivity index (χ1) is 14.8. The van der Waals surface area contributed by atoms with Gasteiger partial charge in [-0.2, -0.15) is 5.10 Å². The molecule has 1 N–H and O–H groups in total. The number of anilines is 1. The Morgan fingerprint density at radius 3 is 2.55 bits per heavy atom. The molecule has 0 spiro atoms. The molecule has 0 radical (unpaired) electrons. The summed E-state index contributed by atoms with van der Waals surface area (Å²) >= 11 is 7.01. The van der Waals surface area contributed by atoms with Crippen molar-refractivity contribution >= 4 is 50.7 Å². The highest BCUT2D eigenvalue weighted by molar-refractivity contribution is 7.20. The van der Waals surface area contributed by atoms with Gasteiger partial charge in [-0.1, -0.05) is 11.6 Å². The molecular weight excluding hydrogens is 448 g/mol. The highest BCUT2D eigenvalue weighted by Crippen LogP contribution is 2.31. The third-order valence-corrected chi connectivity index (χ3v) is 5.76. The van der Waals surface area contributed by atoms with E-state index in [1.165, 1.54) is 18.2 Å². The van der Waals surface area contributed by atoms with Crippen molar-refractivity contribution in [3.05, 3.63) is 75.8 Å². The van der Waals surface area contributed by atoms with Gasteiger partial charge in [0.15, 0.2) is 6.61 Å². The van der Waals surface area contributed by atoms with Crippen molar-refractivity contribution < 1.29 is 23.1 Å². The van der Waals surface area contributed by atoms with E-state index in [1.54, 1.807) is 29.8 Å². The Morgan fingerprint density at radius 2 is 1.84 bits per heavy atom. The molecule has 0 aliphatic carbocycles. The van der Waals surface area contributed by atoms with Crippen LogP contribution in [0.3, 0.4) is 0 Å². The van der Waals surface area contributed by atoms with Crippen LogP contribution in [0.5, 0.6) is 0 Å². The Kier molecular flexibility index (Phi) is 5.71. The van der Waals surface area contributed by atoms with Gasteiger partial charge < -0.3 is 10.1 Å². The van der Waals surface area contributed by atoms with Crippen molar-refractivity contribution in [1.82, 2.24) is 9.78 Å². The van der Waals surface area contributed by atoms with Gasteiger partial charge in [-0.05, 0) is 55.5 Å². The molecule has 4 rings (SSSR count). The molecule has 2 aromatic heterocycles. The molecule has 158 valence electrons. The fraction of sp³-hybridized carbons (Fsp3) is 0.0952. The zero-order chi connectivity index (χ0) is 22.1. The van der Waals surface area contributed by atoms with Gasteiger partial charge in [0.25, 0.3) is 5.91 Å². The van der Waals surface area contributed by atoms with Gasteiger partial charge in [0, 0.05) is 5.39 Å². The van der Waals surface area contributed by atoms with Crippen molar-refractivity contribution in [2.75, 3.05) is 11.9 Å². The number of carbonyl (C=O) groups is 2. The topological polar surface area (TPSA) is 73.2 Å². The van der Waals surface area contributed by atoms with Crippen molar-refractivity contribution in [3.63, 3.8) is 0 Å². The van der Waals surface area contributed by atoms with Gasteiger partial charge in [0.2, 0.25) is 0 Å². The zero-order valence-corrected chi connectivity index (χ0v) is 17.6. The Morgan fingerprint density at radius 1 is 1.13 bits per heavy atom. The number of nitrogens with one attached hydrogen (secondary N) is 1. The number of benzene rings is 2. The molecule has 0 aliphatic heterocycles. The molecule has 0 bridgehead atoms. The second kappa shape index (κ2) is 8.44. The zero-order valence-electron chi connectivity index (χ0n) is 16.0. The average Bonchev–Trinajstić information content (AvgIpc) is 3.30. The summed E-state index contributed by atoms with van der Waals surface area (Å²) in [5.41, 5.74) is 1.55. The third-order valence-electron chi connectivity index (χ3n) is 4.36. The van der Waals surface area contributed by atoms with Crippen LogP contribution in [0.15, 0.2) is 48.5 Å². The van der Waals surface area contributed by atoms with Gasteiger partial charge in [-0.25, -0.2) is 18.3 Å². The molecular formula is C21H14ClF2N3O3S. The first-order valence-electron chi connectivity index (χ1n) is 8.99. The van der Waals surface area contributed by atoms with E-state index >= 15 is 0 Å². The van der Waals surface area contributed by atoms with Gasteiger partial charge in [-0.3, -0.25) is 4.79 Å². The summed E-state index contributed by atoms with van der Waals surface area (Å²) in [4.78, 5) is 25.5. The maximum absolute atomic E-state index is 13.2. The van der Waals surface area contributed by atoms with Gasteiger partial charge in [-0.15, -0.1) is 11.3 Å². The lowest BCUT2D eigenvalue weighted by molar-refractivity contribution is -0.119. The molecule has 2 heterocycles. The monoisotopic (exact) mass is 461 g/mol. The summed E-state index contributed by atoms with van der Waals surface area (Å²) in [6.07, 6.45) is 0. The van der Waals surface area contributed by atoms with Crippen molar-refractivity contribution in [2.24, 2.45) is 0 Å². The average molecular weight is 462 g/mol. The number of hydrogen-bond acceptors (Lipinski definition) is 5. The number of halogens is 3. The fourth-order valence-corrected chi connectivity index (χ4v) is 4.18. The second-order valence-electron chi connectivity index (χ2n) is 6.55. The van der Waals surface area contributed by atoms with E-state index in [9.17, 15) is 18.4 Å². The number of aryl methyl sites for hydroxylation is 1. The molecule has 31 heavy (non-hydrogen) atoms. The maximum atomic E-state index is 13.2. The van der Waals surface area contributed by atoms with E-state index in [0.29, 0.717) is 21.1 Å². The molecule has 0 saturated heterocycles. The number of nitrogens with zero attached hydrogens (tertiary/aromatic N) is 2. The Balaban J connectivity index is 1.47. The van der Waals surface area contributed by atoms with Crippen LogP contribution in [-0.2, 0) is 9.53 Å². The molecule has 2 aromatic carbocycles. The highest BCUT2D eigenvalue weighted by Gasteiger charge is 2.19. The first kappa shape index (κ1) is 21.0. The minimum atomic E-state index is -0.674. The number of fused-ring (bicyclic) bond motifs is 1. The lowest BCUT2D eigenvalue weighted by atomic mass is 10.3. The van der Waals surface area contributed by atoms with E-state index in [-0.39, 0.29) is 16.5 Å². The van der Waals surface area contributed by atoms with Gasteiger partial charge in [0.1, 0.15) is 21.3 Å². The predicted molar refractivity (Wildman–Crippen MR) is 114 cm³/mol. The van der Waals surface area contributed by atoms with E-state index < -0.39 is 24.3 Å². The molecule has 0 unspecified atom stereocenters. The SMILES string of the molecule is Cc1nn(-c2ccc(F)cc2)c2sc(C(=O)OCC(=O)Nc3ccc(F)cc3Cl)cc12. The fourth-order valence-electron chi connectivity index (χ4n) is 2.88. The summed E-state index contributed by atoms with van der Waals surface area (Å²) in [7, 11) is 0. The van der Waals surface area contributed by atoms with Crippen molar-refractivity contribution in [3.8, 4) is 5.69 Å². The molecule has 6 nitrogen and oxygen atoms in total. The molecule has 4 aromatic rings. The number of rotatable bonds is 5. The highest BCUT2D eigenvalue weighted by atomic mass is 35.5. The summed E-state index contributed by atoms with van der Waals surface area (Å²) in [5.74, 6) is -2.18. The van der Waals surface area contributed by atoms with Crippen LogP contribution in [0.1, 0.15) is 15.4 Å². The number of aromatic nitrogens is 2. The van der Waals surface area contributed by atoms with Crippen LogP contribution in [0.4, 0.5) is 14.5 Å². The lowest BCUT2D eigenvalue weighted by Gasteiger charge is -2.07. The molecule has 1 amide bonds. The summed E-state index contributed by atoms with van der Waals surface area (Å²) in [5, 5.41) is 7.67. The number of esters is 1. The number of amides is 1. The van der Waals surface area contributed by atoms with Crippen LogP contribution in [0.25, 0.3) is 15.9 Å². The van der Waals surface area contributed by atoms with E-state index in [1.807, 2.05) is 0 Å². The lowest BCUT2D eigenvalue weighted by Crippen LogP contribution is -2.20. The second-order valence-corrected chi connectivity index (χ2v) is 7.99. The predicted octanol–water partition coefficient (Wildman–Crippen LogP) is 5.12. The molecule has 0 fully saturated rings. The maximum Gasteiger partial charge on any atom is 0.348 e. The normalized spacial score (nSPS) is 11.0. The van der Waals surface area contributed by atoms with Crippen molar-refractivity contribution in [1.29, 1.82) is 0 Å². The smallest absolute Gasteiger partial charge is 0.348 e. The van der Waals surface area contributed by atoms with E-state index in [2.05, 4.69) is 10.4 Å². The van der Waals surface area contributed by atoms with Crippen LogP contribution in [0, 0.1) is 18.6 Å².